The standard InChI is InChI=1S/C13H21N3/c1-16(11-13-3-2-7-15-13)10-6-12-4-8-14-9-5-12/h4-5,8-9,13,15H,2-3,6-7,10-11H2,1H3/t13-/m0/s1. The molecule has 0 aromatic carbocycles. The van der Waals surface area contributed by atoms with Crippen molar-refractivity contribution in [3.63, 3.8) is 0 Å². The minimum Gasteiger partial charge on any atom is -0.313 e. The van der Waals surface area contributed by atoms with Crippen LogP contribution in [0.1, 0.15) is 18.4 Å². The zero-order chi connectivity index (χ0) is 11.2. The van der Waals surface area contributed by atoms with Gasteiger partial charge in [0.15, 0.2) is 0 Å². The third kappa shape index (κ3) is 3.58. The van der Waals surface area contributed by atoms with Crippen LogP contribution < -0.4 is 5.32 Å². The summed E-state index contributed by atoms with van der Waals surface area (Å²) in [6.45, 7) is 3.50. The van der Waals surface area contributed by atoms with Gasteiger partial charge in [0.1, 0.15) is 0 Å². The summed E-state index contributed by atoms with van der Waals surface area (Å²) in [5.74, 6) is 0. The highest BCUT2D eigenvalue weighted by Crippen LogP contribution is 2.06. The monoisotopic (exact) mass is 219 g/mol. The van der Waals surface area contributed by atoms with Crippen LogP contribution in [-0.4, -0.2) is 42.6 Å². The Kier molecular flexibility index (Phi) is 4.31. The van der Waals surface area contributed by atoms with Gasteiger partial charge in [-0.2, -0.15) is 0 Å². The molecule has 0 unspecified atom stereocenters. The lowest BCUT2D eigenvalue weighted by Gasteiger charge is -2.20. The predicted octanol–water partition coefficient (Wildman–Crippen LogP) is 1.31. The van der Waals surface area contributed by atoms with Crippen molar-refractivity contribution in [1.82, 2.24) is 15.2 Å². The van der Waals surface area contributed by atoms with Crippen molar-refractivity contribution < 1.29 is 0 Å². The molecular weight excluding hydrogens is 198 g/mol. The van der Waals surface area contributed by atoms with E-state index in [-0.39, 0.29) is 0 Å². The van der Waals surface area contributed by atoms with Crippen LogP contribution in [0.5, 0.6) is 0 Å². The zero-order valence-corrected chi connectivity index (χ0v) is 10.0. The van der Waals surface area contributed by atoms with Crippen LogP contribution in [0.4, 0.5) is 0 Å². The van der Waals surface area contributed by atoms with E-state index < -0.39 is 0 Å². The van der Waals surface area contributed by atoms with Crippen LogP contribution in [0, 0.1) is 0 Å². The number of likely N-dealkylation sites (N-methyl/N-ethyl adjacent to an activating group) is 1. The van der Waals surface area contributed by atoms with Crippen molar-refractivity contribution in [3.05, 3.63) is 30.1 Å². The van der Waals surface area contributed by atoms with Crippen molar-refractivity contribution >= 4 is 0 Å². The molecule has 3 heteroatoms. The minimum absolute atomic E-state index is 0.711. The summed E-state index contributed by atoms with van der Waals surface area (Å²) in [4.78, 5) is 6.45. The normalized spacial score (nSPS) is 20.5. The van der Waals surface area contributed by atoms with Gasteiger partial charge in [-0.1, -0.05) is 0 Å². The lowest BCUT2D eigenvalue weighted by molar-refractivity contribution is 0.303. The SMILES string of the molecule is CN(CCc1ccncc1)C[C@@H]1CCCN1. The van der Waals surface area contributed by atoms with E-state index in [0.717, 1.165) is 13.0 Å². The fourth-order valence-electron chi connectivity index (χ4n) is 2.25. The molecule has 1 saturated heterocycles. The Morgan fingerprint density at radius 3 is 2.94 bits per heavy atom. The molecule has 1 N–H and O–H groups in total. The number of rotatable bonds is 5. The Hall–Kier alpha value is -0.930. The summed E-state index contributed by atoms with van der Waals surface area (Å²) < 4.78 is 0. The van der Waals surface area contributed by atoms with E-state index in [4.69, 9.17) is 0 Å². The van der Waals surface area contributed by atoms with E-state index >= 15 is 0 Å². The Morgan fingerprint density at radius 2 is 2.25 bits per heavy atom. The van der Waals surface area contributed by atoms with Gasteiger partial charge in [-0.05, 0) is 50.6 Å². The number of aromatic nitrogens is 1. The van der Waals surface area contributed by atoms with Crippen LogP contribution >= 0.6 is 0 Å². The zero-order valence-electron chi connectivity index (χ0n) is 10.0. The van der Waals surface area contributed by atoms with Crippen LogP contribution in [0.25, 0.3) is 0 Å². The molecule has 1 aromatic rings. The highest BCUT2D eigenvalue weighted by Gasteiger charge is 2.15. The van der Waals surface area contributed by atoms with Crippen molar-refractivity contribution in [1.29, 1.82) is 0 Å². The molecular formula is C13H21N3. The molecule has 2 rings (SSSR count). The third-order valence-electron chi connectivity index (χ3n) is 3.23. The first kappa shape index (κ1) is 11.6. The molecule has 1 aliphatic heterocycles. The lowest BCUT2D eigenvalue weighted by Crippen LogP contribution is -2.36. The van der Waals surface area contributed by atoms with Crippen molar-refractivity contribution in [2.75, 3.05) is 26.7 Å². The van der Waals surface area contributed by atoms with E-state index in [9.17, 15) is 0 Å². The number of nitrogens with one attached hydrogen (secondary N) is 1. The summed E-state index contributed by atoms with van der Waals surface area (Å²) in [6, 6.07) is 4.91. The summed E-state index contributed by atoms with van der Waals surface area (Å²) in [5.41, 5.74) is 1.38. The van der Waals surface area contributed by atoms with E-state index in [2.05, 4.69) is 34.4 Å². The average Bonchev–Trinajstić information content (AvgIpc) is 2.81. The molecule has 1 atom stereocenters. The Labute approximate surface area is 97.9 Å². The van der Waals surface area contributed by atoms with E-state index in [1.54, 1.807) is 0 Å². The second kappa shape index (κ2) is 5.97. The molecule has 0 bridgehead atoms. The fourth-order valence-corrected chi connectivity index (χ4v) is 2.25. The van der Waals surface area contributed by atoms with Gasteiger partial charge in [0.05, 0.1) is 0 Å². The molecule has 0 amide bonds. The molecule has 2 heterocycles. The Bertz CT molecular complexity index is 293. The second-order valence-electron chi connectivity index (χ2n) is 4.66. The van der Waals surface area contributed by atoms with Gasteiger partial charge in [-0.25, -0.2) is 0 Å². The molecule has 1 fully saturated rings. The average molecular weight is 219 g/mol. The predicted molar refractivity (Wildman–Crippen MR) is 66.5 cm³/mol. The first-order valence-corrected chi connectivity index (χ1v) is 6.15. The molecule has 0 aliphatic carbocycles. The molecule has 16 heavy (non-hydrogen) atoms. The fraction of sp³-hybridized carbons (Fsp3) is 0.615. The van der Waals surface area contributed by atoms with Gasteiger partial charge in [0.2, 0.25) is 0 Å². The molecule has 3 nitrogen and oxygen atoms in total. The largest absolute Gasteiger partial charge is 0.313 e. The smallest absolute Gasteiger partial charge is 0.0270 e. The lowest BCUT2D eigenvalue weighted by atomic mass is 10.2. The van der Waals surface area contributed by atoms with Gasteiger partial charge in [0, 0.05) is 31.5 Å². The first-order valence-electron chi connectivity index (χ1n) is 6.15. The molecule has 1 aromatic heterocycles. The van der Waals surface area contributed by atoms with Crippen molar-refractivity contribution in [2.24, 2.45) is 0 Å². The van der Waals surface area contributed by atoms with Crippen molar-refractivity contribution in [3.8, 4) is 0 Å². The Morgan fingerprint density at radius 1 is 1.44 bits per heavy atom. The van der Waals surface area contributed by atoms with E-state index in [1.165, 1.54) is 31.5 Å². The van der Waals surface area contributed by atoms with E-state index in [1.807, 2.05) is 12.4 Å². The molecule has 0 radical (unpaired) electrons. The highest BCUT2D eigenvalue weighted by atomic mass is 15.1. The first-order chi connectivity index (χ1) is 7.84. The van der Waals surface area contributed by atoms with Crippen LogP contribution in [-0.2, 0) is 6.42 Å². The second-order valence-corrected chi connectivity index (χ2v) is 4.66. The Balaban J connectivity index is 1.69. The highest BCUT2D eigenvalue weighted by molar-refractivity contribution is 5.09. The number of hydrogen-bond donors (Lipinski definition) is 1. The van der Waals surface area contributed by atoms with Gasteiger partial charge in [-0.3, -0.25) is 4.98 Å². The summed E-state index contributed by atoms with van der Waals surface area (Å²) >= 11 is 0. The summed E-state index contributed by atoms with van der Waals surface area (Å²) in [6.07, 6.45) is 7.52. The summed E-state index contributed by atoms with van der Waals surface area (Å²) in [7, 11) is 2.21. The van der Waals surface area contributed by atoms with Crippen LogP contribution in [0.3, 0.4) is 0 Å². The third-order valence-corrected chi connectivity index (χ3v) is 3.23. The maximum absolute atomic E-state index is 4.03. The van der Waals surface area contributed by atoms with Crippen LogP contribution in [0.15, 0.2) is 24.5 Å². The van der Waals surface area contributed by atoms with Gasteiger partial charge in [-0.15, -0.1) is 0 Å². The van der Waals surface area contributed by atoms with Gasteiger partial charge >= 0.3 is 0 Å². The van der Waals surface area contributed by atoms with Crippen molar-refractivity contribution in [2.45, 2.75) is 25.3 Å². The topological polar surface area (TPSA) is 28.2 Å². The minimum atomic E-state index is 0.711. The quantitative estimate of drug-likeness (QED) is 0.809. The number of pyridine rings is 1. The van der Waals surface area contributed by atoms with E-state index in [0.29, 0.717) is 6.04 Å². The number of nitrogens with zero attached hydrogens (tertiary/aromatic N) is 2. The molecule has 0 spiro atoms. The molecule has 88 valence electrons. The van der Waals surface area contributed by atoms with Gasteiger partial charge in [0.25, 0.3) is 0 Å². The maximum atomic E-state index is 4.03. The summed E-state index contributed by atoms with van der Waals surface area (Å²) in [5, 5.41) is 3.53. The number of hydrogen-bond acceptors (Lipinski definition) is 3. The van der Waals surface area contributed by atoms with Crippen LogP contribution in [0.2, 0.25) is 0 Å². The molecule has 1 aliphatic rings. The maximum Gasteiger partial charge on any atom is 0.0270 e. The van der Waals surface area contributed by atoms with Gasteiger partial charge < -0.3 is 10.2 Å². The molecule has 0 saturated carbocycles.